The lowest BCUT2D eigenvalue weighted by atomic mass is 9.91. The molecule has 1 aliphatic rings. The molecule has 7 nitrogen and oxygen atoms in total. The molecule has 0 aliphatic carbocycles. The number of aryl methyl sites for hydroxylation is 2. The summed E-state index contributed by atoms with van der Waals surface area (Å²) in [7, 11) is 1.62. The van der Waals surface area contributed by atoms with Gasteiger partial charge in [0.1, 0.15) is 0 Å². The molecule has 142 valence electrons. The highest BCUT2D eigenvalue weighted by Gasteiger charge is 2.34. The van der Waals surface area contributed by atoms with Gasteiger partial charge in [0.15, 0.2) is 0 Å². The zero-order valence-corrected chi connectivity index (χ0v) is 15.8. The van der Waals surface area contributed by atoms with Gasteiger partial charge in [0.2, 0.25) is 0 Å². The van der Waals surface area contributed by atoms with E-state index in [1.54, 1.807) is 14.0 Å². The summed E-state index contributed by atoms with van der Waals surface area (Å²) < 4.78 is 10.3. The molecule has 7 heteroatoms. The van der Waals surface area contributed by atoms with E-state index in [1.807, 2.05) is 32.0 Å². The number of methoxy groups -OCH3 is 1. The van der Waals surface area contributed by atoms with Crippen LogP contribution in [0.5, 0.6) is 0 Å². The number of rotatable bonds is 8. The molecular weight excluding hydrogens is 334 g/mol. The van der Waals surface area contributed by atoms with Crippen LogP contribution in [0.2, 0.25) is 0 Å². The van der Waals surface area contributed by atoms with Gasteiger partial charge in [-0.25, -0.2) is 9.59 Å². The first-order valence-corrected chi connectivity index (χ1v) is 8.72. The molecule has 0 spiro atoms. The third-order valence-corrected chi connectivity index (χ3v) is 4.18. The molecule has 1 aliphatic heterocycles. The molecular formula is C19H27N3O4. The molecule has 1 heterocycles. The Hall–Kier alpha value is -2.38. The fourth-order valence-corrected chi connectivity index (χ4v) is 2.90. The Labute approximate surface area is 154 Å². The molecule has 0 aromatic heterocycles. The number of benzene rings is 1. The van der Waals surface area contributed by atoms with E-state index in [9.17, 15) is 9.59 Å². The van der Waals surface area contributed by atoms with E-state index in [0.29, 0.717) is 31.0 Å². The van der Waals surface area contributed by atoms with Crippen molar-refractivity contribution in [2.75, 3.05) is 33.4 Å². The van der Waals surface area contributed by atoms with E-state index < -0.39 is 12.0 Å². The summed E-state index contributed by atoms with van der Waals surface area (Å²) in [6, 6.07) is 5.08. The minimum atomic E-state index is -0.554. The Morgan fingerprint density at radius 2 is 2.08 bits per heavy atom. The van der Waals surface area contributed by atoms with Crippen LogP contribution >= 0.6 is 0 Å². The summed E-state index contributed by atoms with van der Waals surface area (Å²) in [5, 5.41) is 8.77. The van der Waals surface area contributed by atoms with Gasteiger partial charge in [-0.2, -0.15) is 0 Å². The van der Waals surface area contributed by atoms with Crippen LogP contribution in [-0.2, 0) is 14.3 Å². The average Bonchev–Trinajstić information content (AvgIpc) is 2.60. The quantitative estimate of drug-likeness (QED) is 0.485. The molecule has 0 saturated carbocycles. The fourth-order valence-electron chi connectivity index (χ4n) is 2.90. The number of hydrogen-bond acceptors (Lipinski definition) is 5. The number of hydrogen-bond donors (Lipinski definition) is 3. The van der Waals surface area contributed by atoms with Crippen molar-refractivity contribution in [3.8, 4) is 0 Å². The van der Waals surface area contributed by atoms with Gasteiger partial charge >= 0.3 is 12.0 Å². The largest absolute Gasteiger partial charge is 0.463 e. The first-order valence-electron chi connectivity index (χ1n) is 8.72. The Bertz CT molecular complexity index is 700. The van der Waals surface area contributed by atoms with Gasteiger partial charge in [-0.15, -0.1) is 0 Å². The monoisotopic (exact) mass is 361 g/mol. The van der Waals surface area contributed by atoms with Crippen molar-refractivity contribution >= 4 is 12.0 Å². The molecule has 3 N–H and O–H groups in total. The van der Waals surface area contributed by atoms with E-state index in [0.717, 1.165) is 16.7 Å². The normalized spacial score (nSPS) is 16.9. The minimum Gasteiger partial charge on any atom is -0.463 e. The third-order valence-electron chi connectivity index (χ3n) is 4.18. The topological polar surface area (TPSA) is 88.7 Å². The van der Waals surface area contributed by atoms with Crippen LogP contribution in [-0.4, -0.2) is 45.4 Å². The minimum absolute atomic E-state index is 0.264. The molecule has 26 heavy (non-hydrogen) atoms. The number of carbonyl (C=O) groups excluding carboxylic acids is 2. The summed E-state index contributed by atoms with van der Waals surface area (Å²) in [6.07, 6.45) is 0. The highest BCUT2D eigenvalue weighted by molar-refractivity contribution is 5.95. The van der Waals surface area contributed by atoms with Gasteiger partial charge < -0.3 is 25.4 Å². The van der Waals surface area contributed by atoms with Crippen LogP contribution in [0.3, 0.4) is 0 Å². The highest BCUT2D eigenvalue weighted by atomic mass is 16.5. The second-order valence-electron chi connectivity index (χ2n) is 6.17. The molecule has 0 radical (unpaired) electrons. The first kappa shape index (κ1) is 19.9. The van der Waals surface area contributed by atoms with Crippen molar-refractivity contribution in [1.29, 1.82) is 0 Å². The molecule has 0 fully saturated rings. The lowest BCUT2D eigenvalue weighted by Gasteiger charge is -2.30. The molecule has 1 aromatic rings. The lowest BCUT2D eigenvalue weighted by Crippen LogP contribution is -2.48. The Kier molecular flexibility index (Phi) is 7.17. The second-order valence-corrected chi connectivity index (χ2v) is 6.17. The Morgan fingerprint density at radius 3 is 2.77 bits per heavy atom. The van der Waals surface area contributed by atoms with Gasteiger partial charge in [0, 0.05) is 25.9 Å². The lowest BCUT2D eigenvalue weighted by molar-refractivity contribution is -0.139. The molecule has 0 bridgehead atoms. The molecule has 1 aromatic carbocycles. The average molecular weight is 361 g/mol. The summed E-state index contributed by atoms with van der Waals surface area (Å²) in [4.78, 5) is 24.9. The maximum atomic E-state index is 12.7. The third kappa shape index (κ3) is 4.83. The highest BCUT2D eigenvalue weighted by Crippen LogP contribution is 2.30. The van der Waals surface area contributed by atoms with E-state index >= 15 is 0 Å². The van der Waals surface area contributed by atoms with Crippen molar-refractivity contribution in [3.63, 3.8) is 0 Å². The van der Waals surface area contributed by atoms with Crippen LogP contribution in [0.15, 0.2) is 29.5 Å². The summed E-state index contributed by atoms with van der Waals surface area (Å²) in [5.41, 5.74) is 3.88. The van der Waals surface area contributed by atoms with Gasteiger partial charge in [-0.3, -0.25) is 0 Å². The van der Waals surface area contributed by atoms with Crippen LogP contribution < -0.4 is 16.0 Å². The number of ether oxygens (including phenoxy) is 2. The maximum absolute atomic E-state index is 12.7. The molecule has 0 saturated heterocycles. The van der Waals surface area contributed by atoms with Crippen molar-refractivity contribution in [1.82, 2.24) is 16.0 Å². The van der Waals surface area contributed by atoms with E-state index in [2.05, 4.69) is 16.0 Å². The second kappa shape index (κ2) is 9.35. The molecule has 1 unspecified atom stereocenters. The molecule has 2 amide bonds. The van der Waals surface area contributed by atoms with Gasteiger partial charge in [0.25, 0.3) is 0 Å². The zero-order chi connectivity index (χ0) is 19.1. The summed E-state index contributed by atoms with van der Waals surface area (Å²) in [5.74, 6) is -0.436. The first-order chi connectivity index (χ1) is 12.5. The number of carbonyl (C=O) groups is 2. The Morgan fingerprint density at radius 1 is 1.31 bits per heavy atom. The molecule has 1 atom stereocenters. The fraction of sp³-hybridized carbons (Fsp3) is 0.474. The van der Waals surface area contributed by atoms with E-state index in [1.165, 1.54) is 0 Å². The van der Waals surface area contributed by atoms with Crippen molar-refractivity contribution in [3.05, 3.63) is 46.2 Å². The van der Waals surface area contributed by atoms with Crippen molar-refractivity contribution in [2.24, 2.45) is 0 Å². The maximum Gasteiger partial charge on any atom is 0.338 e. The number of nitrogens with one attached hydrogen (secondary N) is 3. The van der Waals surface area contributed by atoms with E-state index in [-0.39, 0.29) is 12.6 Å². The van der Waals surface area contributed by atoms with Crippen LogP contribution in [0.1, 0.15) is 29.7 Å². The van der Waals surface area contributed by atoms with Crippen LogP contribution in [0.4, 0.5) is 4.79 Å². The molecule has 2 rings (SSSR count). The SMILES string of the molecule is CCOC(=O)C1=C(CNCCOC)NC(=O)NC1c1cc(C)ccc1C. The summed E-state index contributed by atoms with van der Waals surface area (Å²) in [6.45, 7) is 7.44. The standard InChI is InChI=1S/C19H27N3O4/c1-5-26-18(23)16-15(11-20-8-9-25-4)21-19(24)22-17(16)14-10-12(2)6-7-13(14)3/h6-7,10,17,20H,5,8-9,11H2,1-4H3,(H2,21,22,24). The Balaban J connectivity index is 2.43. The predicted molar refractivity (Wildman–Crippen MR) is 98.7 cm³/mol. The predicted octanol–water partition coefficient (Wildman–Crippen LogP) is 1.71. The zero-order valence-electron chi connectivity index (χ0n) is 15.8. The van der Waals surface area contributed by atoms with Crippen LogP contribution in [0.25, 0.3) is 0 Å². The van der Waals surface area contributed by atoms with E-state index in [4.69, 9.17) is 9.47 Å². The van der Waals surface area contributed by atoms with Crippen molar-refractivity contribution < 1.29 is 19.1 Å². The number of urea groups is 1. The van der Waals surface area contributed by atoms with Crippen LogP contribution in [0, 0.1) is 13.8 Å². The van der Waals surface area contributed by atoms with Gasteiger partial charge in [0.05, 0.1) is 24.8 Å². The number of amides is 2. The van der Waals surface area contributed by atoms with Gasteiger partial charge in [-0.1, -0.05) is 23.8 Å². The number of esters is 1. The van der Waals surface area contributed by atoms with Gasteiger partial charge in [-0.05, 0) is 31.9 Å². The van der Waals surface area contributed by atoms with Crippen molar-refractivity contribution in [2.45, 2.75) is 26.8 Å². The smallest absolute Gasteiger partial charge is 0.338 e. The summed E-state index contributed by atoms with van der Waals surface area (Å²) >= 11 is 0.